The first-order valence-corrected chi connectivity index (χ1v) is 8.25. The van der Waals surface area contributed by atoms with E-state index in [0.717, 1.165) is 12.2 Å². The van der Waals surface area contributed by atoms with Crippen molar-refractivity contribution in [3.8, 4) is 0 Å². The number of rotatable bonds is 8. The zero-order valence-corrected chi connectivity index (χ0v) is 13.0. The van der Waals surface area contributed by atoms with Gasteiger partial charge >= 0.3 is 0 Å². The Bertz CT molecular complexity index is 490. The van der Waals surface area contributed by atoms with Crippen LogP contribution in [0.25, 0.3) is 0 Å². The molecule has 0 heterocycles. The van der Waals surface area contributed by atoms with E-state index in [-0.39, 0.29) is 0 Å². The number of unbranched alkanes of at least 4 members (excludes halogenated alkanes) is 3. The van der Waals surface area contributed by atoms with Crippen molar-refractivity contribution >= 4 is 12.6 Å². The largest absolute Gasteiger partial charge is 0.179 e. The fourth-order valence-electron chi connectivity index (χ4n) is 2.57. The molecule has 1 heteroatoms. The molecule has 0 aromatic heterocycles. The van der Waals surface area contributed by atoms with E-state index in [1.165, 1.54) is 48.8 Å². The van der Waals surface area contributed by atoms with E-state index in [1.807, 2.05) is 0 Å². The molecule has 0 bridgehead atoms. The van der Waals surface area contributed by atoms with Crippen LogP contribution < -0.4 is 0 Å². The van der Waals surface area contributed by atoms with Crippen molar-refractivity contribution in [1.29, 1.82) is 0 Å². The second kappa shape index (κ2) is 8.86. The molecule has 0 spiro atoms. The highest BCUT2D eigenvalue weighted by Gasteiger charge is 2.03. The molecule has 20 heavy (non-hydrogen) atoms. The topological polar surface area (TPSA) is 0 Å². The fraction of sp³-hybridized carbons (Fsp3) is 0.368. The maximum absolute atomic E-state index is 4.26. The highest BCUT2D eigenvalue weighted by Crippen LogP contribution is 2.17. The maximum Gasteiger partial charge on any atom is -0.00230 e. The average Bonchev–Trinajstić information content (AvgIpc) is 2.50. The van der Waals surface area contributed by atoms with E-state index in [2.05, 4.69) is 67.2 Å². The van der Waals surface area contributed by atoms with Gasteiger partial charge in [0.25, 0.3) is 0 Å². The SMILES string of the molecule is SCCCCCCc1ccccc1Cc1ccccc1. The van der Waals surface area contributed by atoms with Gasteiger partial charge in [-0.25, -0.2) is 0 Å². The predicted molar refractivity (Wildman–Crippen MR) is 91.7 cm³/mol. The number of benzene rings is 2. The first-order valence-electron chi connectivity index (χ1n) is 7.61. The summed E-state index contributed by atoms with van der Waals surface area (Å²) in [6.45, 7) is 0. The molecule has 0 saturated carbocycles. The Morgan fingerprint density at radius 3 is 2.05 bits per heavy atom. The van der Waals surface area contributed by atoms with Gasteiger partial charge in [0.1, 0.15) is 0 Å². The van der Waals surface area contributed by atoms with Crippen molar-refractivity contribution in [3.63, 3.8) is 0 Å². The minimum atomic E-state index is 1.02. The van der Waals surface area contributed by atoms with E-state index in [1.54, 1.807) is 0 Å². The van der Waals surface area contributed by atoms with Gasteiger partial charge in [-0.3, -0.25) is 0 Å². The molecule has 0 unspecified atom stereocenters. The van der Waals surface area contributed by atoms with Crippen molar-refractivity contribution in [2.24, 2.45) is 0 Å². The summed E-state index contributed by atoms with van der Waals surface area (Å²) in [6.07, 6.45) is 7.42. The number of hydrogen-bond donors (Lipinski definition) is 1. The van der Waals surface area contributed by atoms with Gasteiger partial charge in [0.15, 0.2) is 0 Å². The first-order chi connectivity index (χ1) is 9.90. The summed E-state index contributed by atoms with van der Waals surface area (Å²) in [4.78, 5) is 0. The van der Waals surface area contributed by atoms with Gasteiger partial charge in [-0.1, -0.05) is 67.4 Å². The molecule has 2 aromatic carbocycles. The van der Waals surface area contributed by atoms with Gasteiger partial charge in [0.05, 0.1) is 0 Å². The van der Waals surface area contributed by atoms with Crippen LogP contribution in [0.1, 0.15) is 42.4 Å². The van der Waals surface area contributed by atoms with Crippen molar-refractivity contribution in [2.75, 3.05) is 5.75 Å². The van der Waals surface area contributed by atoms with Crippen LogP contribution >= 0.6 is 12.6 Å². The van der Waals surface area contributed by atoms with Gasteiger partial charge in [-0.15, -0.1) is 0 Å². The average molecular weight is 284 g/mol. The standard InChI is InChI=1S/C19H24S/c20-15-9-2-1-6-12-18-13-7-8-14-19(18)16-17-10-4-3-5-11-17/h3-5,7-8,10-11,13-14,20H,1-2,6,9,12,15-16H2. The second-order valence-electron chi connectivity index (χ2n) is 5.32. The Balaban J connectivity index is 1.92. The molecule has 2 rings (SSSR count). The molecular formula is C19H24S. The number of thiol groups is 1. The summed E-state index contributed by atoms with van der Waals surface area (Å²) >= 11 is 4.26. The molecule has 0 radical (unpaired) electrons. The zero-order chi connectivity index (χ0) is 14.0. The zero-order valence-electron chi connectivity index (χ0n) is 12.1. The fourth-order valence-corrected chi connectivity index (χ4v) is 2.79. The summed E-state index contributed by atoms with van der Waals surface area (Å²) in [5.74, 6) is 1.02. The van der Waals surface area contributed by atoms with Crippen LogP contribution in [0.5, 0.6) is 0 Å². The Labute approximate surface area is 128 Å². The smallest absolute Gasteiger partial charge is 0.00230 e. The maximum atomic E-state index is 4.26. The molecule has 0 fully saturated rings. The van der Waals surface area contributed by atoms with Gasteiger partial charge in [-0.2, -0.15) is 12.6 Å². The van der Waals surface area contributed by atoms with Crippen LogP contribution in [0.4, 0.5) is 0 Å². The monoisotopic (exact) mass is 284 g/mol. The van der Waals surface area contributed by atoms with Crippen LogP contribution in [0.3, 0.4) is 0 Å². The quantitative estimate of drug-likeness (QED) is 0.493. The third-order valence-corrected chi connectivity index (χ3v) is 4.03. The predicted octanol–water partition coefficient (Wildman–Crippen LogP) is 5.31. The minimum Gasteiger partial charge on any atom is -0.179 e. The van der Waals surface area contributed by atoms with Gasteiger partial charge in [0, 0.05) is 0 Å². The molecule has 0 amide bonds. The molecule has 0 atom stereocenters. The molecular weight excluding hydrogens is 260 g/mol. The Morgan fingerprint density at radius 2 is 1.30 bits per heavy atom. The Hall–Kier alpha value is -1.21. The molecule has 0 saturated heterocycles. The molecule has 106 valence electrons. The van der Waals surface area contributed by atoms with Crippen LogP contribution in [0.2, 0.25) is 0 Å². The van der Waals surface area contributed by atoms with Crippen LogP contribution in [-0.2, 0) is 12.8 Å². The van der Waals surface area contributed by atoms with Crippen molar-refractivity contribution in [1.82, 2.24) is 0 Å². The minimum absolute atomic E-state index is 1.02. The number of aryl methyl sites for hydroxylation is 1. The summed E-state index contributed by atoms with van der Waals surface area (Å²) < 4.78 is 0. The lowest BCUT2D eigenvalue weighted by Gasteiger charge is -2.09. The lowest BCUT2D eigenvalue weighted by atomic mass is 9.96. The van der Waals surface area contributed by atoms with Gasteiger partial charge in [0.2, 0.25) is 0 Å². The summed E-state index contributed by atoms with van der Waals surface area (Å²) in [5.41, 5.74) is 4.39. The van der Waals surface area contributed by atoms with Gasteiger partial charge < -0.3 is 0 Å². The molecule has 0 aliphatic rings. The van der Waals surface area contributed by atoms with Crippen LogP contribution in [0.15, 0.2) is 54.6 Å². The third-order valence-electron chi connectivity index (χ3n) is 3.71. The lowest BCUT2D eigenvalue weighted by molar-refractivity contribution is 0.669. The highest BCUT2D eigenvalue weighted by atomic mass is 32.1. The first kappa shape index (κ1) is 15.2. The molecule has 0 nitrogen and oxygen atoms in total. The van der Waals surface area contributed by atoms with E-state index in [0.29, 0.717) is 0 Å². The van der Waals surface area contributed by atoms with E-state index in [9.17, 15) is 0 Å². The van der Waals surface area contributed by atoms with E-state index < -0.39 is 0 Å². The highest BCUT2D eigenvalue weighted by molar-refractivity contribution is 7.80. The van der Waals surface area contributed by atoms with Crippen LogP contribution in [0, 0.1) is 0 Å². The van der Waals surface area contributed by atoms with Crippen molar-refractivity contribution in [2.45, 2.75) is 38.5 Å². The van der Waals surface area contributed by atoms with Crippen molar-refractivity contribution in [3.05, 3.63) is 71.3 Å². The molecule has 2 aromatic rings. The summed E-state index contributed by atoms with van der Waals surface area (Å²) in [7, 11) is 0. The third kappa shape index (κ3) is 5.05. The second-order valence-corrected chi connectivity index (χ2v) is 5.77. The number of hydrogen-bond acceptors (Lipinski definition) is 1. The Kier molecular flexibility index (Phi) is 6.73. The Morgan fingerprint density at radius 1 is 0.650 bits per heavy atom. The molecule has 0 N–H and O–H groups in total. The summed E-state index contributed by atoms with van der Waals surface area (Å²) in [5, 5.41) is 0. The van der Waals surface area contributed by atoms with Crippen LogP contribution in [-0.4, -0.2) is 5.75 Å². The normalized spacial score (nSPS) is 10.7. The van der Waals surface area contributed by atoms with Crippen molar-refractivity contribution < 1.29 is 0 Å². The van der Waals surface area contributed by atoms with Gasteiger partial charge in [-0.05, 0) is 48.1 Å². The summed E-state index contributed by atoms with van der Waals surface area (Å²) in [6, 6.07) is 19.6. The molecule has 0 aliphatic carbocycles. The molecule has 0 aliphatic heterocycles. The lowest BCUT2D eigenvalue weighted by Crippen LogP contribution is -1.96. The van der Waals surface area contributed by atoms with E-state index in [4.69, 9.17) is 0 Å². The van der Waals surface area contributed by atoms with E-state index >= 15 is 0 Å².